The zero-order valence-corrected chi connectivity index (χ0v) is 22.9. The highest BCUT2D eigenvalue weighted by Gasteiger charge is 2.16. The van der Waals surface area contributed by atoms with Gasteiger partial charge in [-0.3, -0.25) is 9.59 Å². The molecule has 0 aliphatic heterocycles. The molecular weight excluding hydrogens is 588 g/mol. The molecule has 7 nitrogen and oxygen atoms in total. The van der Waals surface area contributed by atoms with E-state index in [9.17, 15) is 9.59 Å². The molecule has 0 fully saturated rings. The molecule has 4 aromatic rings. The van der Waals surface area contributed by atoms with Crippen LogP contribution in [0, 0.1) is 0 Å². The van der Waals surface area contributed by atoms with Crippen LogP contribution in [0.25, 0.3) is 10.9 Å². The third kappa shape index (κ3) is 6.09. The summed E-state index contributed by atoms with van der Waals surface area (Å²) in [7, 11) is 0. The number of ether oxygens (including phenoxy) is 1. The van der Waals surface area contributed by atoms with Gasteiger partial charge in [-0.1, -0.05) is 63.9 Å². The third-order valence-corrected chi connectivity index (χ3v) is 6.57. The predicted octanol–water partition coefficient (Wildman–Crippen LogP) is 6.33. The van der Waals surface area contributed by atoms with Crippen LogP contribution in [-0.2, 0) is 4.79 Å². The number of aromatic nitrogens is 2. The summed E-state index contributed by atoms with van der Waals surface area (Å²) in [4.78, 5) is 30.5. The normalized spacial score (nSPS) is 12.1. The van der Waals surface area contributed by atoms with E-state index in [2.05, 4.69) is 42.3 Å². The van der Waals surface area contributed by atoms with Crippen LogP contribution in [0.1, 0.15) is 37.6 Å². The Bertz CT molecular complexity index is 1490. The zero-order valence-electron chi connectivity index (χ0n) is 19.7. The second-order valence-corrected chi connectivity index (χ2v) is 10.0. The van der Waals surface area contributed by atoms with Gasteiger partial charge < -0.3 is 10.1 Å². The molecule has 1 amide bonds. The van der Waals surface area contributed by atoms with E-state index in [-0.39, 0.29) is 24.0 Å². The predicted molar refractivity (Wildman–Crippen MR) is 150 cm³/mol. The third-order valence-electron chi connectivity index (χ3n) is 5.59. The summed E-state index contributed by atoms with van der Waals surface area (Å²) < 4.78 is 8.73. The molecule has 1 atom stereocenters. The zero-order chi connectivity index (χ0) is 25.7. The maximum absolute atomic E-state index is 13.4. The first-order valence-electron chi connectivity index (χ1n) is 11.4. The van der Waals surface area contributed by atoms with Crippen LogP contribution >= 0.6 is 31.9 Å². The number of halogens is 2. The highest BCUT2D eigenvalue weighted by Crippen LogP contribution is 2.24. The Labute approximate surface area is 225 Å². The van der Waals surface area contributed by atoms with Crippen LogP contribution in [-0.4, -0.2) is 28.4 Å². The van der Waals surface area contributed by atoms with Crippen LogP contribution in [0.4, 0.5) is 5.69 Å². The molecule has 0 unspecified atom stereocenters. The lowest BCUT2D eigenvalue weighted by atomic mass is 10.1. The van der Waals surface area contributed by atoms with E-state index in [0.29, 0.717) is 33.7 Å². The highest BCUT2D eigenvalue weighted by molar-refractivity contribution is 9.10. The summed E-state index contributed by atoms with van der Waals surface area (Å²) in [6, 6.07) is 20.0. The number of nitrogens with one attached hydrogen (secondary N) is 1. The minimum Gasteiger partial charge on any atom is -0.483 e. The summed E-state index contributed by atoms with van der Waals surface area (Å²) in [5.74, 6) is 0.766. The molecule has 9 heteroatoms. The largest absolute Gasteiger partial charge is 0.483 e. The standard InChI is InChI=1S/C27H24Br2N4O3/c1-3-17(2)26-32-23-11-9-20(29)14-22(23)27(35)33(26)30-15-18-13-19(28)10-12-24(18)36-16-25(34)31-21-7-5-4-6-8-21/h4-15,17H,3,16H2,1-2H3,(H,31,34)/t17-/m0/s1. The van der Waals surface area contributed by atoms with Crippen molar-refractivity contribution in [3.63, 3.8) is 0 Å². The number of carbonyl (C=O) groups excluding carboxylic acids is 1. The number of amides is 1. The van der Waals surface area contributed by atoms with Gasteiger partial charge in [-0.2, -0.15) is 9.78 Å². The Kier molecular flexibility index (Phi) is 8.32. The molecule has 36 heavy (non-hydrogen) atoms. The van der Waals surface area contributed by atoms with Gasteiger partial charge in [0.05, 0.1) is 17.1 Å². The smallest absolute Gasteiger partial charge is 0.282 e. The molecule has 1 N–H and O–H groups in total. The molecule has 1 heterocycles. The van der Waals surface area contributed by atoms with Crippen LogP contribution in [0.2, 0.25) is 0 Å². The number of anilines is 1. The van der Waals surface area contributed by atoms with Gasteiger partial charge in [0.15, 0.2) is 6.61 Å². The fraction of sp³-hybridized carbons (Fsp3) is 0.185. The number of fused-ring (bicyclic) bond motifs is 1. The van der Waals surface area contributed by atoms with Crippen LogP contribution < -0.4 is 15.6 Å². The Balaban J connectivity index is 1.65. The summed E-state index contributed by atoms with van der Waals surface area (Å²) >= 11 is 6.89. The monoisotopic (exact) mass is 610 g/mol. The molecular formula is C27H24Br2N4O3. The van der Waals surface area contributed by atoms with Gasteiger partial charge in [0.2, 0.25) is 0 Å². The molecule has 0 saturated heterocycles. The quantitative estimate of drug-likeness (QED) is 0.236. The average Bonchev–Trinajstić information content (AvgIpc) is 2.88. The van der Waals surface area contributed by atoms with Crippen molar-refractivity contribution in [3.8, 4) is 5.75 Å². The van der Waals surface area contributed by atoms with Gasteiger partial charge in [-0.05, 0) is 55.0 Å². The van der Waals surface area contributed by atoms with Crippen molar-refractivity contribution >= 4 is 60.6 Å². The SMILES string of the molecule is CC[C@H](C)c1nc2ccc(Br)cc2c(=O)n1N=Cc1cc(Br)ccc1OCC(=O)Nc1ccccc1. The summed E-state index contributed by atoms with van der Waals surface area (Å²) in [6.45, 7) is 3.87. The summed E-state index contributed by atoms with van der Waals surface area (Å²) in [5.41, 5.74) is 1.66. The number of nitrogens with zero attached hydrogens (tertiary/aromatic N) is 3. The fourth-order valence-corrected chi connectivity index (χ4v) is 4.25. The first-order chi connectivity index (χ1) is 17.4. The van der Waals surface area contributed by atoms with Gasteiger partial charge in [0, 0.05) is 26.1 Å². The van der Waals surface area contributed by atoms with Crippen LogP contribution in [0.5, 0.6) is 5.75 Å². The average molecular weight is 612 g/mol. The van der Waals surface area contributed by atoms with Crippen molar-refractivity contribution in [3.05, 3.63) is 97.4 Å². The fourth-order valence-electron chi connectivity index (χ4n) is 3.51. The van der Waals surface area contributed by atoms with Crippen LogP contribution in [0.15, 0.2) is 85.6 Å². The maximum Gasteiger partial charge on any atom is 0.282 e. The summed E-state index contributed by atoms with van der Waals surface area (Å²) in [5, 5.41) is 7.78. The van der Waals surface area contributed by atoms with Gasteiger partial charge in [0.25, 0.3) is 11.5 Å². The summed E-state index contributed by atoms with van der Waals surface area (Å²) in [6.07, 6.45) is 2.35. The molecule has 0 aliphatic rings. The van der Waals surface area contributed by atoms with Crippen molar-refractivity contribution in [2.75, 3.05) is 11.9 Å². The van der Waals surface area contributed by atoms with Crippen molar-refractivity contribution in [1.82, 2.24) is 9.66 Å². The van der Waals surface area contributed by atoms with Gasteiger partial charge in [-0.25, -0.2) is 4.98 Å². The first kappa shape index (κ1) is 25.8. The van der Waals surface area contributed by atoms with E-state index in [1.165, 1.54) is 4.68 Å². The second-order valence-electron chi connectivity index (χ2n) is 8.19. The van der Waals surface area contributed by atoms with Crippen molar-refractivity contribution in [2.24, 2.45) is 5.10 Å². The van der Waals surface area contributed by atoms with E-state index in [4.69, 9.17) is 9.72 Å². The lowest BCUT2D eigenvalue weighted by Gasteiger charge is -2.14. The maximum atomic E-state index is 13.4. The van der Waals surface area contributed by atoms with E-state index >= 15 is 0 Å². The topological polar surface area (TPSA) is 85.6 Å². The number of carbonyl (C=O) groups is 1. The molecule has 0 spiro atoms. The molecule has 4 rings (SSSR count). The number of hydrogen-bond acceptors (Lipinski definition) is 5. The lowest BCUT2D eigenvalue weighted by molar-refractivity contribution is -0.118. The van der Waals surface area contributed by atoms with Crippen molar-refractivity contribution < 1.29 is 9.53 Å². The van der Waals surface area contributed by atoms with E-state index in [1.54, 1.807) is 30.5 Å². The Morgan fingerprint density at radius 2 is 1.83 bits per heavy atom. The Hall–Kier alpha value is -3.30. The molecule has 3 aromatic carbocycles. The van der Waals surface area contributed by atoms with Gasteiger partial charge >= 0.3 is 0 Å². The van der Waals surface area contributed by atoms with Crippen molar-refractivity contribution in [1.29, 1.82) is 0 Å². The Morgan fingerprint density at radius 3 is 2.58 bits per heavy atom. The highest BCUT2D eigenvalue weighted by atomic mass is 79.9. The first-order valence-corrected chi connectivity index (χ1v) is 13.0. The van der Waals surface area contributed by atoms with E-state index in [0.717, 1.165) is 15.4 Å². The van der Waals surface area contributed by atoms with Crippen LogP contribution in [0.3, 0.4) is 0 Å². The molecule has 1 aromatic heterocycles. The van der Waals surface area contributed by atoms with Gasteiger partial charge in [-0.15, -0.1) is 0 Å². The van der Waals surface area contributed by atoms with E-state index < -0.39 is 0 Å². The lowest BCUT2D eigenvalue weighted by Crippen LogP contribution is -2.24. The number of rotatable bonds is 8. The minimum atomic E-state index is -0.286. The minimum absolute atomic E-state index is 0.0165. The van der Waals surface area contributed by atoms with Gasteiger partial charge in [0.1, 0.15) is 11.6 Å². The number of benzene rings is 3. The molecule has 0 radical (unpaired) electrons. The molecule has 0 aliphatic carbocycles. The number of para-hydroxylation sites is 1. The van der Waals surface area contributed by atoms with Crippen molar-refractivity contribution in [2.45, 2.75) is 26.2 Å². The molecule has 0 saturated carbocycles. The number of hydrogen-bond donors (Lipinski definition) is 1. The second kappa shape index (κ2) is 11.6. The molecule has 0 bridgehead atoms. The Morgan fingerprint density at radius 1 is 1.11 bits per heavy atom. The van der Waals surface area contributed by atoms with E-state index in [1.807, 2.05) is 56.3 Å². The molecule has 184 valence electrons.